The number of carbonyl (C=O) groups excluding carboxylic acids is 1. The zero-order valence-corrected chi connectivity index (χ0v) is 11.1. The monoisotopic (exact) mass is 265 g/mol. The SMILES string of the molecule is O=C1c2ccccc2CCC[C@@]12O[C@H]2c1cccnc1. The van der Waals surface area contributed by atoms with Gasteiger partial charge in [-0.2, -0.15) is 0 Å². The van der Waals surface area contributed by atoms with Crippen LogP contribution in [0.25, 0.3) is 0 Å². The number of ether oxygens (including phenoxy) is 1. The summed E-state index contributed by atoms with van der Waals surface area (Å²) in [6.45, 7) is 0. The second kappa shape index (κ2) is 4.25. The molecule has 0 amide bonds. The first-order valence-electron chi connectivity index (χ1n) is 7.02. The maximum atomic E-state index is 12.9. The Morgan fingerprint density at radius 2 is 2.10 bits per heavy atom. The summed E-state index contributed by atoms with van der Waals surface area (Å²) in [6.07, 6.45) is 6.13. The third-order valence-electron chi connectivity index (χ3n) is 4.32. The van der Waals surface area contributed by atoms with E-state index in [0.717, 1.165) is 36.0 Å². The first-order chi connectivity index (χ1) is 9.81. The fourth-order valence-electron chi connectivity index (χ4n) is 3.25. The van der Waals surface area contributed by atoms with Crippen LogP contribution in [-0.2, 0) is 11.2 Å². The predicted octanol–water partition coefficient (Wildman–Crippen LogP) is 3.11. The van der Waals surface area contributed by atoms with Gasteiger partial charge in [-0.15, -0.1) is 0 Å². The number of epoxide rings is 1. The molecule has 1 aromatic heterocycles. The molecule has 20 heavy (non-hydrogen) atoms. The average Bonchev–Trinajstić information content (AvgIpc) is 3.25. The first kappa shape index (κ1) is 11.8. The molecule has 0 saturated carbocycles. The van der Waals surface area contributed by atoms with E-state index in [2.05, 4.69) is 4.98 Å². The van der Waals surface area contributed by atoms with Crippen LogP contribution in [0, 0.1) is 0 Å². The molecule has 1 aromatic carbocycles. The van der Waals surface area contributed by atoms with Crippen molar-refractivity contribution in [2.24, 2.45) is 0 Å². The molecule has 3 heteroatoms. The lowest BCUT2D eigenvalue weighted by Gasteiger charge is -2.09. The highest BCUT2D eigenvalue weighted by Gasteiger charge is 2.63. The largest absolute Gasteiger partial charge is 0.352 e. The summed E-state index contributed by atoms with van der Waals surface area (Å²) in [5, 5.41) is 0. The molecule has 1 fully saturated rings. The zero-order chi connectivity index (χ0) is 13.6. The highest BCUT2D eigenvalue weighted by atomic mass is 16.6. The minimum Gasteiger partial charge on any atom is -0.352 e. The van der Waals surface area contributed by atoms with E-state index >= 15 is 0 Å². The van der Waals surface area contributed by atoms with Crippen LogP contribution in [0.3, 0.4) is 0 Å². The predicted molar refractivity (Wildman–Crippen MR) is 74.5 cm³/mol. The Balaban J connectivity index is 1.73. The number of hydrogen-bond donors (Lipinski definition) is 0. The van der Waals surface area contributed by atoms with E-state index in [-0.39, 0.29) is 11.9 Å². The number of benzene rings is 1. The first-order valence-corrected chi connectivity index (χ1v) is 7.02. The van der Waals surface area contributed by atoms with Crippen LogP contribution in [0.4, 0.5) is 0 Å². The number of ketones is 1. The number of nitrogens with zero attached hydrogens (tertiary/aromatic N) is 1. The van der Waals surface area contributed by atoms with E-state index < -0.39 is 5.60 Å². The van der Waals surface area contributed by atoms with Gasteiger partial charge in [0.25, 0.3) is 0 Å². The lowest BCUT2D eigenvalue weighted by molar-refractivity contribution is 0.0867. The number of pyridine rings is 1. The Labute approximate surface area is 117 Å². The van der Waals surface area contributed by atoms with Crippen LogP contribution in [-0.4, -0.2) is 16.4 Å². The molecule has 0 bridgehead atoms. The van der Waals surface area contributed by atoms with Crippen LogP contribution in [0.1, 0.15) is 40.4 Å². The summed E-state index contributed by atoms with van der Waals surface area (Å²) in [5.74, 6) is 0.138. The van der Waals surface area contributed by atoms with Gasteiger partial charge in [0.05, 0.1) is 0 Å². The van der Waals surface area contributed by atoms with Crippen molar-refractivity contribution in [3.63, 3.8) is 0 Å². The van der Waals surface area contributed by atoms with Gasteiger partial charge in [-0.25, -0.2) is 0 Å². The standard InChI is InChI=1S/C17H15NO2/c19-15-14-8-2-1-5-12(14)6-3-9-17(15)16(20-17)13-7-4-10-18-11-13/h1-2,4-5,7-8,10-11,16H,3,6,9H2/t16-,17+/m0/s1. The molecule has 100 valence electrons. The third-order valence-corrected chi connectivity index (χ3v) is 4.32. The summed E-state index contributed by atoms with van der Waals surface area (Å²) >= 11 is 0. The van der Waals surface area contributed by atoms with Crippen LogP contribution in [0.5, 0.6) is 0 Å². The Bertz CT molecular complexity index is 668. The van der Waals surface area contributed by atoms with Crippen LogP contribution in [0.15, 0.2) is 48.8 Å². The molecule has 1 aliphatic carbocycles. The molecule has 3 nitrogen and oxygen atoms in total. The van der Waals surface area contributed by atoms with Gasteiger partial charge in [-0.3, -0.25) is 9.78 Å². The van der Waals surface area contributed by atoms with Crippen molar-refractivity contribution in [1.29, 1.82) is 0 Å². The highest BCUT2D eigenvalue weighted by molar-refractivity contribution is 6.06. The fourth-order valence-corrected chi connectivity index (χ4v) is 3.25. The van der Waals surface area contributed by atoms with Crippen molar-refractivity contribution in [3.05, 3.63) is 65.5 Å². The van der Waals surface area contributed by atoms with E-state index in [9.17, 15) is 4.79 Å². The lowest BCUT2D eigenvalue weighted by atomic mass is 9.89. The topological polar surface area (TPSA) is 42.5 Å². The summed E-state index contributed by atoms with van der Waals surface area (Å²) in [5.41, 5.74) is 2.33. The minimum absolute atomic E-state index is 0.130. The molecule has 2 heterocycles. The lowest BCUT2D eigenvalue weighted by Crippen LogP contribution is -2.24. The van der Waals surface area contributed by atoms with Gasteiger partial charge in [-0.1, -0.05) is 30.3 Å². The zero-order valence-electron chi connectivity index (χ0n) is 11.1. The number of hydrogen-bond acceptors (Lipinski definition) is 3. The van der Waals surface area contributed by atoms with Gasteiger partial charge in [0.1, 0.15) is 6.10 Å². The molecule has 1 saturated heterocycles. The van der Waals surface area contributed by atoms with Crippen molar-refractivity contribution in [2.45, 2.75) is 31.0 Å². The smallest absolute Gasteiger partial charge is 0.197 e. The van der Waals surface area contributed by atoms with Gasteiger partial charge in [-0.05, 0) is 30.9 Å². The maximum absolute atomic E-state index is 12.9. The number of aryl methyl sites for hydroxylation is 1. The molecule has 1 aliphatic heterocycles. The molecule has 2 atom stereocenters. The van der Waals surface area contributed by atoms with Gasteiger partial charge in [0, 0.05) is 23.5 Å². The van der Waals surface area contributed by atoms with Gasteiger partial charge >= 0.3 is 0 Å². The fraction of sp³-hybridized carbons (Fsp3) is 0.294. The number of fused-ring (bicyclic) bond motifs is 1. The molecular formula is C17H15NO2. The van der Waals surface area contributed by atoms with Gasteiger partial charge < -0.3 is 4.74 Å². The molecule has 0 radical (unpaired) electrons. The van der Waals surface area contributed by atoms with E-state index in [1.165, 1.54) is 0 Å². The Morgan fingerprint density at radius 1 is 1.20 bits per heavy atom. The van der Waals surface area contributed by atoms with Crippen molar-refractivity contribution < 1.29 is 9.53 Å². The summed E-state index contributed by atoms with van der Waals surface area (Å²) in [4.78, 5) is 17.0. The molecule has 2 aromatic rings. The molecule has 1 spiro atoms. The minimum atomic E-state index is -0.643. The molecule has 0 N–H and O–H groups in total. The highest BCUT2D eigenvalue weighted by Crippen LogP contribution is 2.55. The van der Waals surface area contributed by atoms with Crippen LogP contribution >= 0.6 is 0 Å². The molecule has 4 rings (SSSR count). The molecular weight excluding hydrogens is 250 g/mol. The van der Waals surface area contributed by atoms with E-state index in [0.29, 0.717) is 0 Å². The van der Waals surface area contributed by atoms with E-state index in [1.54, 1.807) is 12.4 Å². The van der Waals surface area contributed by atoms with Crippen LogP contribution in [0.2, 0.25) is 0 Å². The van der Waals surface area contributed by atoms with Crippen molar-refractivity contribution in [3.8, 4) is 0 Å². The van der Waals surface area contributed by atoms with Crippen LogP contribution < -0.4 is 0 Å². The average molecular weight is 265 g/mol. The third kappa shape index (κ3) is 1.63. The summed E-state index contributed by atoms with van der Waals surface area (Å²) < 4.78 is 5.89. The maximum Gasteiger partial charge on any atom is 0.197 e. The van der Waals surface area contributed by atoms with Crippen molar-refractivity contribution in [1.82, 2.24) is 4.98 Å². The van der Waals surface area contributed by atoms with E-state index in [4.69, 9.17) is 4.74 Å². The summed E-state index contributed by atoms with van der Waals surface area (Å²) in [6, 6.07) is 11.8. The van der Waals surface area contributed by atoms with Gasteiger partial charge in [0.15, 0.2) is 11.4 Å². The Kier molecular flexibility index (Phi) is 2.51. The Hall–Kier alpha value is -2.00. The number of rotatable bonds is 1. The molecule has 0 unspecified atom stereocenters. The van der Waals surface area contributed by atoms with Crippen molar-refractivity contribution >= 4 is 5.78 Å². The second-order valence-electron chi connectivity index (χ2n) is 5.51. The van der Waals surface area contributed by atoms with Gasteiger partial charge in [0.2, 0.25) is 0 Å². The van der Waals surface area contributed by atoms with E-state index in [1.807, 2.05) is 36.4 Å². The Morgan fingerprint density at radius 3 is 2.95 bits per heavy atom. The number of aromatic nitrogens is 1. The quantitative estimate of drug-likeness (QED) is 0.744. The molecule has 2 aliphatic rings. The van der Waals surface area contributed by atoms with Crippen molar-refractivity contribution in [2.75, 3.05) is 0 Å². The summed E-state index contributed by atoms with van der Waals surface area (Å²) in [7, 11) is 0. The number of carbonyl (C=O) groups is 1. The normalized spacial score (nSPS) is 28.0. The second-order valence-corrected chi connectivity index (χ2v) is 5.51. The number of Topliss-reactive ketones (excluding diaryl/α,β-unsaturated/α-hetero) is 1.